The second-order valence-corrected chi connectivity index (χ2v) is 7.48. The number of nitrogens with one attached hydrogen (secondary N) is 1. The van der Waals surface area contributed by atoms with Gasteiger partial charge in [-0.1, -0.05) is 28.1 Å². The molecule has 0 atom stereocenters. The third-order valence-electron chi connectivity index (χ3n) is 4.41. The quantitative estimate of drug-likeness (QED) is 0.502. The molecule has 2 aromatic carbocycles. The van der Waals surface area contributed by atoms with E-state index in [9.17, 15) is 9.18 Å². The van der Waals surface area contributed by atoms with E-state index < -0.39 is 11.7 Å². The highest BCUT2D eigenvalue weighted by atomic mass is 79.9. The van der Waals surface area contributed by atoms with E-state index in [1.807, 2.05) is 24.3 Å². The van der Waals surface area contributed by atoms with E-state index in [1.54, 1.807) is 18.5 Å². The minimum absolute atomic E-state index is 0.0832. The van der Waals surface area contributed by atoms with E-state index in [0.29, 0.717) is 29.0 Å². The summed E-state index contributed by atoms with van der Waals surface area (Å²) in [6, 6.07) is 10.2. The molecular weight excluding hydrogens is 439 g/mol. The van der Waals surface area contributed by atoms with Crippen molar-refractivity contribution < 1.29 is 9.18 Å². The van der Waals surface area contributed by atoms with E-state index >= 15 is 0 Å². The van der Waals surface area contributed by atoms with Crippen LogP contribution in [0.25, 0.3) is 11.0 Å². The second kappa shape index (κ2) is 7.67. The van der Waals surface area contributed by atoms with Crippen molar-refractivity contribution in [2.24, 2.45) is 0 Å². The average molecular weight is 455 g/mol. The van der Waals surface area contributed by atoms with Gasteiger partial charge in [-0.3, -0.25) is 10.1 Å². The molecule has 0 aliphatic rings. The minimum atomic E-state index is -0.561. The Morgan fingerprint density at radius 2 is 1.86 bits per heavy atom. The first-order valence-electron chi connectivity index (χ1n) is 8.79. The first kappa shape index (κ1) is 19.1. The van der Waals surface area contributed by atoms with Crippen molar-refractivity contribution in [2.45, 2.75) is 20.4 Å². The number of anilines is 1. The van der Waals surface area contributed by atoms with Crippen molar-refractivity contribution in [3.05, 3.63) is 75.5 Å². The molecule has 2 aromatic heterocycles. The smallest absolute Gasteiger partial charge is 0.260 e. The molecule has 2 heterocycles. The molecule has 0 fully saturated rings. The largest absolute Gasteiger partial charge is 0.289 e. The fourth-order valence-electron chi connectivity index (χ4n) is 2.84. The summed E-state index contributed by atoms with van der Waals surface area (Å²) in [4.78, 5) is 25.6. The van der Waals surface area contributed by atoms with Crippen molar-refractivity contribution >= 4 is 38.8 Å². The topological polar surface area (TPSA) is 85.6 Å². The Balaban J connectivity index is 1.58. The maximum atomic E-state index is 14.0. The van der Waals surface area contributed by atoms with Crippen LogP contribution in [0.5, 0.6) is 0 Å². The summed E-state index contributed by atoms with van der Waals surface area (Å²) in [6.45, 7) is 4.08. The summed E-state index contributed by atoms with van der Waals surface area (Å²) in [5.74, 6) is -0.983. The van der Waals surface area contributed by atoms with Gasteiger partial charge in [0.05, 0.1) is 29.0 Å². The zero-order chi connectivity index (χ0) is 20.5. The summed E-state index contributed by atoms with van der Waals surface area (Å²) < 4.78 is 16.6. The molecule has 0 saturated heterocycles. The molecule has 7 nitrogen and oxygen atoms in total. The molecule has 9 heteroatoms. The Kier molecular flexibility index (Phi) is 5.06. The van der Waals surface area contributed by atoms with E-state index in [2.05, 4.69) is 41.3 Å². The summed E-state index contributed by atoms with van der Waals surface area (Å²) in [5.41, 5.74) is 3.14. The van der Waals surface area contributed by atoms with Gasteiger partial charge in [-0.2, -0.15) is 0 Å². The van der Waals surface area contributed by atoms with Gasteiger partial charge >= 0.3 is 0 Å². The van der Waals surface area contributed by atoms with E-state index in [-0.39, 0.29) is 11.5 Å². The molecule has 0 saturated carbocycles. The van der Waals surface area contributed by atoms with Gasteiger partial charge < -0.3 is 0 Å². The van der Waals surface area contributed by atoms with Gasteiger partial charge in [-0.05, 0) is 37.6 Å². The summed E-state index contributed by atoms with van der Waals surface area (Å²) in [7, 11) is 0. The zero-order valence-corrected chi connectivity index (χ0v) is 17.2. The molecule has 0 unspecified atom stereocenters. The van der Waals surface area contributed by atoms with Gasteiger partial charge in [0, 0.05) is 10.5 Å². The van der Waals surface area contributed by atoms with Gasteiger partial charge in [0.25, 0.3) is 5.91 Å². The molecule has 1 N–H and O–H groups in total. The zero-order valence-electron chi connectivity index (χ0n) is 15.6. The number of aryl methyl sites for hydroxylation is 2. The van der Waals surface area contributed by atoms with Crippen LogP contribution in [-0.4, -0.2) is 30.6 Å². The summed E-state index contributed by atoms with van der Waals surface area (Å²) in [5, 5.41) is 6.86. The molecule has 0 aliphatic carbocycles. The standard InChI is InChI=1S/C20H16BrFN6O/c1-11-12(2)25-18-16(7-15(22)8-17(18)24-11)19(29)26-20-23-10-28(27-20)9-13-3-5-14(21)6-4-13/h3-8,10H,9H2,1-2H3,(H,26,27,29). The first-order chi connectivity index (χ1) is 13.9. The van der Waals surface area contributed by atoms with Gasteiger partial charge in [0.1, 0.15) is 17.7 Å². The van der Waals surface area contributed by atoms with Crippen LogP contribution in [-0.2, 0) is 6.54 Å². The minimum Gasteiger partial charge on any atom is -0.289 e. The van der Waals surface area contributed by atoms with Gasteiger partial charge in [0.15, 0.2) is 0 Å². The number of carbonyl (C=O) groups excluding carboxylic acids is 1. The average Bonchev–Trinajstić information content (AvgIpc) is 3.11. The molecule has 0 aliphatic heterocycles. The Morgan fingerprint density at radius 3 is 2.62 bits per heavy atom. The van der Waals surface area contributed by atoms with Crippen LogP contribution in [0.1, 0.15) is 27.3 Å². The van der Waals surface area contributed by atoms with Crippen molar-refractivity contribution in [3.8, 4) is 0 Å². The number of hydrogen-bond acceptors (Lipinski definition) is 5. The summed E-state index contributed by atoms with van der Waals surface area (Å²) in [6.07, 6.45) is 1.52. The highest BCUT2D eigenvalue weighted by molar-refractivity contribution is 9.10. The van der Waals surface area contributed by atoms with Gasteiger partial charge in [0.2, 0.25) is 5.95 Å². The monoisotopic (exact) mass is 454 g/mol. The normalized spacial score (nSPS) is 11.0. The number of carbonyl (C=O) groups is 1. The molecule has 0 spiro atoms. The molecular formula is C20H16BrFN6O. The molecule has 4 aromatic rings. The first-order valence-corrected chi connectivity index (χ1v) is 9.58. The van der Waals surface area contributed by atoms with E-state index in [1.165, 1.54) is 12.4 Å². The maximum Gasteiger partial charge on any atom is 0.260 e. The van der Waals surface area contributed by atoms with Crippen molar-refractivity contribution in [2.75, 3.05) is 5.32 Å². The maximum absolute atomic E-state index is 14.0. The molecule has 0 radical (unpaired) electrons. The molecule has 29 heavy (non-hydrogen) atoms. The molecule has 0 bridgehead atoms. The number of fused-ring (bicyclic) bond motifs is 1. The van der Waals surface area contributed by atoms with Crippen LogP contribution >= 0.6 is 15.9 Å². The summed E-state index contributed by atoms with van der Waals surface area (Å²) >= 11 is 3.40. The Hall–Kier alpha value is -3.20. The lowest BCUT2D eigenvalue weighted by Gasteiger charge is -2.08. The van der Waals surface area contributed by atoms with Crippen LogP contribution in [0.3, 0.4) is 0 Å². The Labute approximate surface area is 174 Å². The number of halogens is 2. The van der Waals surface area contributed by atoms with Crippen LogP contribution < -0.4 is 5.32 Å². The van der Waals surface area contributed by atoms with Gasteiger partial charge in [-0.15, -0.1) is 5.10 Å². The SMILES string of the molecule is Cc1nc2cc(F)cc(C(=O)Nc3ncn(Cc4ccc(Br)cc4)n3)c2nc1C. The fourth-order valence-corrected chi connectivity index (χ4v) is 3.11. The van der Waals surface area contributed by atoms with Gasteiger partial charge in [-0.25, -0.2) is 24.0 Å². The number of hydrogen-bond donors (Lipinski definition) is 1. The Bertz CT molecular complexity index is 1220. The van der Waals surface area contributed by atoms with E-state index in [0.717, 1.165) is 16.1 Å². The molecule has 1 amide bonds. The van der Waals surface area contributed by atoms with Crippen LogP contribution in [0.2, 0.25) is 0 Å². The lowest BCUT2D eigenvalue weighted by Crippen LogP contribution is -2.15. The number of rotatable bonds is 4. The predicted octanol–water partition coefficient (Wildman–Crippen LogP) is 4.04. The Morgan fingerprint density at radius 1 is 1.14 bits per heavy atom. The lowest BCUT2D eigenvalue weighted by molar-refractivity contribution is 0.102. The van der Waals surface area contributed by atoms with Crippen LogP contribution in [0.4, 0.5) is 10.3 Å². The predicted molar refractivity (Wildman–Crippen MR) is 110 cm³/mol. The van der Waals surface area contributed by atoms with Crippen LogP contribution in [0.15, 0.2) is 47.2 Å². The van der Waals surface area contributed by atoms with Crippen LogP contribution in [0, 0.1) is 19.7 Å². The van der Waals surface area contributed by atoms with Crippen molar-refractivity contribution in [1.82, 2.24) is 24.7 Å². The van der Waals surface area contributed by atoms with Crippen molar-refractivity contribution in [1.29, 1.82) is 0 Å². The highest BCUT2D eigenvalue weighted by Gasteiger charge is 2.17. The fraction of sp³-hybridized carbons (Fsp3) is 0.150. The number of nitrogens with zero attached hydrogens (tertiary/aromatic N) is 5. The molecule has 146 valence electrons. The number of benzene rings is 2. The third-order valence-corrected chi connectivity index (χ3v) is 4.94. The van der Waals surface area contributed by atoms with E-state index in [4.69, 9.17) is 0 Å². The lowest BCUT2D eigenvalue weighted by atomic mass is 10.1. The number of amides is 1. The third kappa shape index (κ3) is 4.14. The van der Waals surface area contributed by atoms with Crippen molar-refractivity contribution in [3.63, 3.8) is 0 Å². The second-order valence-electron chi connectivity index (χ2n) is 6.56. The highest BCUT2D eigenvalue weighted by Crippen LogP contribution is 2.20. The number of aromatic nitrogens is 5. The molecule has 4 rings (SSSR count).